The monoisotopic (exact) mass is 1000 g/mol. The minimum atomic E-state index is -3.85. The lowest BCUT2D eigenvalue weighted by Crippen LogP contribution is -2.23. The Labute approximate surface area is 406 Å². The molecule has 13 heteroatoms. The molecule has 4 aromatic rings. The quantitative estimate of drug-likeness (QED) is 0.0496. The molecule has 0 aromatic heterocycles. The third kappa shape index (κ3) is 16.3. The smallest absolute Gasteiger partial charge is 0.185 e. The molecule has 67 heavy (non-hydrogen) atoms. The molecule has 0 spiro atoms. The third-order valence-corrected chi connectivity index (χ3v) is 20.0. The normalized spacial score (nSPS) is 15.3. The number of sulfone groups is 4. The van der Waals surface area contributed by atoms with Crippen molar-refractivity contribution in [1.82, 2.24) is 0 Å². The zero-order valence-corrected chi connectivity index (χ0v) is 44.0. The molecular weight excluding hydrogens is 937 g/mol. The molecule has 0 saturated heterocycles. The molecule has 8 nitrogen and oxygen atoms in total. The maximum atomic E-state index is 14.2. The van der Waals surface area contributed by atoms with Crippen molar-refractivity contribution in [2.24, 2.45) is 0 Å². The number of hydrogen-bond donors (Lipinski definition) is 0. The van der Waals surface area contributed by atoms with Gasteiger partial charge in [0.1, 0.15) is 0 Å². The van der Waals surface area contributed by atoms with E-state index in [1.807, 2.05) is 53.7 Å². The van der Waals surface area contributed by atoms with Gasteiger partial charge in [0, 0.05) is 11.5 Å². The van der Waals surface area contributed by atoms with Crippen molar-refractivity contribution in [2.45, 2.75) is 122 Å². The van der Waals surface area contributed by atoms with E-state index in [9.17, 15) is 33.7 Å². The lowest BCUT2D eigenvalue weighted by atomic mass is 10.1. The van der Waals surface area contributed by atoms with Crippen LogP contribution in [0.4, 0.5) is 0 Å². The van der Waals surface area contributed by atoms with E-state index in [2.05, 4.69) is 0 Å². The summed E-state index contributed by atoms with van der Waals surface area (Å²) in [5.41, 5.74) is 4.70. The summed E-state index contributed by atoms with van der Waals surface area (Å²) in [7, 11) is -15.2. The Morgan fingerprint density at radius 1 is 0.358 bits per heavy atom. The molecule has 0 amide bonds. The van der Waals surface area contributed by atoms with Crippen molar-refractivity contribution < 1.29 is 33.7 Å². The van der Waals surface area contributed by atoms with Crippen LogP contribution < -0.4 is 0 Å². The molecule has 4 unspecified atom stereocenters. The van der Waals surface area contributed by atoms with Gasteiger partial charge in [-0.3, -0.25) is 0 Å². The number of rotatable bonds is 24. The predicted octanol–water partition coefficient (Wildman–Crippen LogP) is 12.4. The maximum Gasteiger partial charge on any atom is 0.185 e. The fraction of sp³-hybridized carbons (Fsp3) is 0.333. The van der Waals surface area contributed by atoms with E-state index >= 15 is 0 Å². The first-order valence-corrected chi connectivity index (χ1v) is 29.6. The van der Waals surface area contributed by atoms with Gasteiger partial charge in [-0.2, -0.15) is 11.8 Å². The Morgan fingerprint density at radius 3 is 0.821 bits per heavy atom. The molecule has 0 heterocycles. The topological polar surface area (TPSA) is 137 Å². The Balaban J connectivity index is 1.54. The second kappa shape index (κ2) is 25.2. The molecule has 0 radical (unpaired) electrons. The van der Waals surface area contributed by atoms with Crippen molar-refractivity contribution in [2.75, 3.05) is 11.5 Å². The largest absolute Gasteiger partial charge is 0.223 e. The molecule has 0 aliphatic carbocycles. The molecule has 0 aliphatic rings. The van der Waals surface area contributed by atoms with E-state index in [0.29, 0.717) is 22.7 Å². The third-order valence-electron chi connectivity index (χ3n) is 11.1. The fourth-order valence-electron chi connectivity index (χ4n) is 7.59. The minimum Gasteiger partial charge on any atom is -0.223 e. The van der Waals surface area contributed by atoms with Crippen LogP contribution in [-0.2, 0) is 39.3 Å². The van der Waals surface area contributed by atoms with Gasteiger partial charge >= 0.3 is 0 Å². The van der Waals surface area contributed by atoms with Crippen molar-refractivity contribution in [3.05, 3.63) is 191 Å². The second-order valence-electron chi connectivity index (χ2n) is 17.6. The van der Waals surface area contributed by atoms with Gasteiger partial charge in [0.15, 0.2) is 39.3 Å². The van der Waals surface area contributed by atoms with E-state index in [0.717, 1.165) is 22.3 Å². The summed E-state index contributed by atoms with van der Waals surface area (Å²) in [6, 6.07) is 33.1. The summed E-state index contributed by atoms with van der Waals surface area (Å²) in [6.45, 7) is 14.7. The van der Waals surface area contributed by atoms with Crippen molar-refractivity contribution >= 4 is 51.1 Å². The molecule has 4 atom stereocenters. The van der Waals surface area contributed by atoms with Crippen molar-refractivity contribution in [3.8, 4) is 0 Å². The van der Waals surface area contributed by atoms with Crippen LogP contribution in [0.2, 0.25) is 0 Å². The fourth-order valence-corrected chi connectivity index (χ4v) is 15.7. The molecule has 0 aliphatic heterocycles. The van der Waals surface area contributed by atoms with Gasteiger partial charge < -0.3 is 0 Å². The lowest BCUT2D eigenvalue weighted by molar-refractivity contribution is 0.583. The lowest BCUT2D eigenvalue weighted by Gasteiger charge is -2.19. The highest BCUT2D eigenvalue weighted by molar-refractivity contribution is 7.99. The Kier molecular flexibility index (Phi) is 20.7. The molecule has 4 aromatic carbocycles. The molecule has 360 valence electrons. The van der Waals surface area contributed by atoms with Crippen LogP contribution in [0.25, 0.3) is 0 Å². The van der Waals surface area contributed by atoms with Crippen LogP contribution in [0, 0.1) is 0 Å². The summed E-state index contributed by atoms with van der Waals surface area (Å²) >= 11 is 1.60. The summed E-state index contributed by atoms with van der Waals surface area (Å²) in [5, 5.41) is -3.64. The van der Waals surface area contributed by atoms with Gasteiger partial charge in [0.05, 0.1) is 40.6 Å². The van der Waals surface area contributed by atoms with Gasteiger partial charge in [0.25, 0.3) is 0 Å². The van der Waals surface area contributed by atoms with E-state index in [-0.39, 0.29) is 45.3 Å². The van der Waals surface area contributed by atoms with E-state index in [4.69, 9.17) is 0 Å². The molecule has 0 saturated carbocycles. The average Bonchev–Trinajstić information content (AvgIpc) is 3.28. The SMILES string of the molecule is CC(C)=CC(CC(C)=CC(CC(C)=CCSCC=C(C)CC(C=C(C)CC(C=C(C)C)S(=O)(=O)c1ccccc1)S(=O)(=O)c1ccccc1)S(=O)(=O)c1ccccc1)S(=O)(=O)c1ccccc1. The summed E-state index contributed by atoms with van der Waals surface area (Å²) in [6.07, 6.45) is 11.5. The maximum absolute atomic E-state index is 14.2. The van der Waals surface area contributed by atoms with Crippen molar-refractivity contribution in [3.63, 3.8) is 0 Å². The zero-order valence-electron chi connectivity index (χ0n) is 39.9. The van der Waals surface area contributed by atoms with Gasteiger partial charge in [-0.25, -0.2) is 33.7 Å². The van der Waals surface area contributed by atoms with Crippen LogP contribution in [0.3, 0.4) is 0 Å². The summed E-state index contributed by atoms with van der Waals surface area (Å²) in [4.78, 5) is 0.795. The average molecular weight is 1000 g/mol. The highest BCUT2D eigenvalue weighted by atomic mass is 32.2. The van der Waals surface area contributed by atoms with Crippen LogP contribution in [0.5, 0.6) is 0 Å². The Morgan fingerprint density at radius 2 is 0.582 bits per heavy atom. The number of benzene rings is 4. The molecule has 4 rings (SSSR count). The first kappa shape index (κ1) is 55.1. The van der Waals surface area contributed by atoms with E-state index < -0.39 is 60.3 Å². The zero-order chi connectivity index (χ0) is 49.4. The van der Waals surface area contributed by atoms with Crippen LogP contribution >= 0.6 is 11.8 Å². The van der Waals surface area contributed by atoms with Gasteiger partial charge in [-0.15, -0.1) is 0 Å². The highest BCUT2D eigenvalue weighted by Crippen LogP contribution is 2.30. The standard InChI is InChI=1S/C54H66O8S5/c1-41(2)33-51(64(55,56)47-21-13-9-14-22-47)37-45(7)39-53(66(59,60)49-25-17-11-18-26-49)35-43(5)29-31-63-32-30-44(6)36-54(67(61,62)50-27-19-12-20-28-50)40-46(8)38-52(34-42(3)4)65(57,58)48-23-15-10-16-24-48/h9-30,33-34,39-40,51-54H,31-32,35-38H2,1-8H3. The first-order valence-electron chi connectivity index (χ1n) is 22.2. The molecular formula is C54H66O8S5. The van der Waals surface area contributed by atoms with Crippen LogP contribution in [0.15, 0.2) is 211 Å². The van der Waals surface area contributed by atoms with Crippen molar-refractivity contribution in [1.29, 1.82) is 0 Å². The minimum absolute atomic E-state index is 0.128. The number of allylic oxidation sites excluding steroid dienone is 6. The van der Waals surface area contributed by atoms with Gasteiger partial charge in [-0.05, 0) is 130 Å². The molecule has 0 N–H and O–H groups in total. The molecule has 0 bridgehead atoms. The van der Waals surface area contributed by atoms with Crippen LogP contribution in [0.1, 0.15) is 81.1 Å². The predicted molar refractivity (Wildman–Crippen MR) is 279 cm³/mol. The molecule has 0 fully saturated rings. The Hall–Kier alpha value is -4.53. The first-order chi connectivity index (χ1) is 31.5. The van der Waals surface area contributed by atoms with E-state index in [1.165, 1.54) is 0 Å². The summed E-state index contributed by atoms with van der Waals surface area (Å²) in [5.74, 6) is 1.14. The van der Waals surface area contributed by atoms with E-state index in [1.54, 1.807) is 171 Å². The van der Waals surface area contributed by atoms with Crippen LogP contribution in [-0.4, -0.2) is 66.2 Å². The van der Waals surface area contributed by atoms with Gasteiger partial charge in [0.2, 0.25) is 0 Å². The number of thioether (sulfide) groups is 1. The summed E-state index contributed by atoms with van der Waals surface area (Å²) < 4.78 is 112. The Bertz CT molecular complexity index is 2690. The van der Waals surface area contributed by atoms with Gasteiger partial charge in [-0.1, -0.05) is 143 Å². The second-order valence-corrected chi connectivity index (χ2v) is 27.3. The number of hydrogen-bond acceptors (Lipinski definition) is 9. The highest BCUT2D eigenvalue weighted by Gasteiger charge is 2.31.